The highest BCUT2D eigenvalue weighted by atomic mass is 16.2. The largest absolute Gasteiger partial charge is 0.281 e. The monoisotopic (exact) mass is 221 g/mol. The minimum Gasteiger partial charge on any atom is -0.281 e. The molecule has 2 rings (SSSR count). The average molecular weight is 221 g/mol. The normalized spacial score (nSPS) is 28.1. The minimum absolute atomic E-state index is 0.0950. The molecule has 1 unspecified atom stereocenters. The van der Waals surface area contributed by atoms with Crippen LogP contribution < -0.4 is 0 Å². The van der Waals surface area contributed by atoms with Crippen LogP contribution in [0.4, 0.5) is 0 Å². The number of carbonyl (C=O) groups is 2. The van der Waals surface area contributed by atoms with Crippen LogP contribution in [0.2, 0.25) is 0 Å². The first-order valence-electron chi connectivity index (χ1n) is 7.11. The summed E-state index contributed by atoms with van der Waals surface area (Å²) in [7, 11) is 1.34. The maximum Gasteiger partial charge on any atom is 0.260 e. The summed E-state index contributed by atoms with van der Waals surface area (Å²) in [5.74, 6) is -1.12. The summed E-state index contributed by atoms with van der Waals surface area (Å²) >= 11 is 0. The molecule has 0 aliphatic carbocycles. The fraction of sp³-hybridized carbons (Fsp3) is 0.385. The quantitative estimate of drug-likeness (QED) is 0.680. The van der Waals surface area contributed by atoms with Gasteiger partial charge >= 0.3 is 0 Å². The minimum atomic E-state index is -1.12. The van der Waals surface area contributed by atoms with Crippen molar-refractivity contribution in [3.05, 3.63) is 35.3 Å². The number of hydrogen-bond acceptors (Lipinski definition) is 2. The number of benzene rings is 1. The van der Waals surface area contributed by atoms with E-state index in [9.17, 15) is 9.59 Å². The third kappa shape index (κ3) is 1.21. The lowest BCUT2D eigenvalue weighted by atomic mass is 9.74. The molecular formula is C13H15NO2. The molecule has 0 N–H and O–H groups in total. The Morgan fingerprint density at radius 3 is 2.62 bits per heavy atom. The second-order valence-electron chi connectivity index (χ2n) is 4.10. The van der Waals surface area contributed by atoms with Crippen LogP contribution in [0.1, 0.15) is 41.7 Å². The fourth-order valence-corrected chi connectivity index (χ4v) is 1.95. The third-order valence-corrected chi connectivity index (χ3v) is 3.24. The van der Waals surface area contributed by atoms with E-state index in [1.807, 2.05) is 0 Å². The third-order valence-electron chi connectivity index (χ3n) is 3.24. The standard InChI is InChI=1S/C13H15NO2/c1-4-13(2)10-8-6-5-7-9(10)11(15)14(3)12(13)16/h5-8H,4H2,1-3H3/i5D,6D,7D,8D. The van der Waals surface area contributed by atoms with Crippen LogP contribution in [-0.4, -0.2) is 23.8 Å². The van der Waals surface area contributed by atoms with Crippen molar-refractivity contribution in [2.75, 3.05) is 7.05 Å². The van der Waals surface area contributed by atoms with Crippen molar-refractivity contribution >= 4 is 11.8 Å². The van der Waals surface area contributed by atoms with Crippen LogP contribution in [0, 0.1) is 0 Å². The SMILES string of the molecule is [2H]c1c([2H])c([2H])c2c(c1[2H])C(=O)N(C)C(=O)C2(C)CC. The maximum absolute atomic E-state index is 12.4. The van der Waals surface area contributed by atoms with E-state index in [-0.39, 0.29) is 23.2 Å². The van der Waals surface area contributed by atoms with Gasteiger partial charge in [-0.25, -0.2) is 0 Å². The van der Waals surface area contributed by atoms with E-state index in [1.54, 1.807) is 13.8 Å². The number of hydrogen-bond donors (Lipinski definition) is 0. The summed E-state index contributed by atoms with van der Waals surface area (Å²) in [6.07, 6.45) is 0.346. The first kappa shape index (κ1) is 6.84. The zero-order valence-corrected chi connectivity index (χ0v) is 9.47. The molecule has 3 heteroatoms. The maximum atomic E-state index is 12.4. The first-order chi connectivity index (χ1) is 9.18. The molecule has 0 radical (unpaired) electrons. The Kier molecular flexibility index (Phi) is 1.47. The van der Waals surface area contributed by atoms with Crippen LogP contribution in [-0.2, 0) is 10.2 Å². The number of fused-ring (bicyclic) bond motifs is 1. The molecule has 16 heavy (non-hydrogen) atoms. The van der Waals surface area contributed by atoms with Gasteiger partial charge in [0.05, 0.1) is 10.9 Å². The van der Waals surface area contributed by atoms with E-state index >= 15 is 0 Å². The van der Waals surface area contributed by atoms with Gasteiger partial charge in [-0.15, -0.1) is 0 Å². The molecule has 1 aliphatic rings. The molecule has 0 saturated heterocycles. The number of imide groups is 1. The summed E-state index contributed by atoms with van der Waals surface area (Å²) in [5.41, 5.74) is -1.10. The van der Waals surface area contributed by atoms with Crippen molar-refractivity contribution in [1.29, 1.82) is 0 Å². The Hall–Kier alpha value is -1.64. The summed E-state index contributed by atoms with van der Waals surface area (Å²) in [5, 5.41) is 0. The Balaban J connectivity index is 2.99. The van der Waals surface area contributed by atoms with Crippen LogP contribution in [0.25, 0.3) is 0 Å². The van der Waals surface area contributed by atoms with Crippen molar-refractivity contribution < 1.29 is 15.1 Å². The Morgan fingerprint density at radius 1 is 1.38 bits per heavy atom. The highest BCUT2D eigenvalue weighted by Gasteiger charge is 2.44. The zero-order valence-electron chi connectivity index (χ0n) is 13.5. The lowest BCUT2D eigenvalue weighted by molar-refractivity contribution is -0.133. The van der Waals surface area contributed by atoms with E-state index in [2.05, 4.69) is 0 Å². The van der Waals surface area contributed by atoms with Gasteiger partial charge in [-0.3, -0.25) is 14.5 Å². The molecule has 0 bridgehead atoms. The summed E-state index contributed by atoms with van der Waals surface area (Å²) in [6, 6.07) is -1.56. The second-order valence-corrected chi connectivity index (χ2v) is 4.10. The lowest BCUT2D eigenvalue weighted by Gasteiger charge is -2.37. The number of nitrogens with zero attached hydrogens (tertiary/aromatic N) is 1. The van der Waals surface area contributed by atoms with Crippen molar-refractivity contribution in [3.63, 3.8) is 0 Å². The molecule has 1 aromatic carbocycles. The topological polar surface area (TPSA) is 37.4 Å². The number of carbonyl (C=O) groups excluding carboxylic acids is 2. The Labute approximate surface area is 101 Å². The van der Waals surface area contributed by atoms with Crippen LogP contribution in [0.15, 0.2) is 24.2 Å². The molecule has 0 spiro atoms. The van der Waals surface area contributed by atoms with Gasteiger partial charge in [-0.1, -0.05) is 25.1 Å². The second kappa shape index (κ2) is 3.44. The van der Waals surface area contributed by atoms with Crippen LogP contribution >= 0.6 is 0 Å². The van der Waals surface area contributed by atoms with Crippen LogP contribution in [0.5, 0.6) is 0 Å². The smallest absolute Gasteiger partial charge is 0.260 e. The fourth-order valence-electron chi connectivity index (χ4n) is 1.95. The van der Waals surface area contributed by atoms with Crippen molar-refractivity contribution in [3.8, 4) is 0 Å². The highest BCUT2D eigenvalue weighted by Crippen LogP contribution is 2.36. The summed E-state index contributed by atoms with van der Waals surface area (Å²) < 4.78 is 31.3. The van der Waals surface area contributed by atoms with Crippen molar-refractivity contribution in [1.82, 2.24) is 4.90 Å². The van der Waals surface area contributed by atoms with Gasteiger partial charge in [-0.2, -0.15) is 0 Å². The molecule has 1 atom stereocenters. The van der Waals surface area contributed by atoms with Gasteiger partial charge in [0, 0.05) is 12.6 Å². The molecule has 0 fully saturated rings. The summed E-state index contributed by atoms with van der Waals surface area (Å²) in [4.78, 5) is 25.5. The zero-order chi connectivity index (χ0) is 15.4. The predicted octanol–water partition coefficient (Wildman–Crippen LogP) is 1.97. The van der Waals surface area contributed by atoms with E-state index in [0.29, 0.717) is 6.42 Å². The number of likely N-dealkylation sites (N-methyl/N-ethyl adjacent to an activating group) is 1. The predicted molar refractivity (Wildman–Crippen MR) is 61.2 cm³/mol. The molecule has 1 heterocycles. The summed E-state index contributed by atoms with van der Waals surface area (Å²) in [6.45, 7) is 3.37. The first-order valence-corrected chi connectivity index (χ1v) is 5.11. The molecule has 1 aliphatic heterocycles. The van der Waals surface area contributed by atoms with E-state index in [0.717, 1.165) is 4.90 Å². The van der Waals surface area contributed by atoms with Crippen LogP contribution in [0.3, 0.4) is 0 Å². The molecular weight excluding hydrogens is 202 g/mol. The molecule has 1 aromatic rings. The van der Waals surface area contributed by atoms with E-state index in [1.165, 1.54) is 7.05 Å². The Morgan fingerprint density at radius 2 is 2.00 bits per heavy atom. The van der Waals surface area contributed by atoms with Gasteiger partial charge in [0.25, 0.3) is 5.91 Å². The molecule has 3 nitrogen and oxygen atoms in total. The Bertz CT molecular complexity index is 644. The molecule has 0 aromatic heterocycles. The lowest BCUT2D eigenvalue weighted by Crippen LogP contribution is -2.50. The van der Waals surface area contributed by atoms with Gasteiger partial charge < -0.3 is 0 Å². The van der Waals surface area contributed by atoms with Gasteiger partial charge in [0.2, 0.25) is 5.91 Å². The molecule has 0 saturated carbocycles. The van der Waals surface area contributed by atoms with E-state index in [4.69, 9.17) is 5.48 Å². The number of amides is 2. The number of rotatable bonds is 1. The van der Waals surface area contributed by atoms with E-state index < -0.39 is 29.3 Å². The van der Waals surface area contributed by atoms with Gasteiger partial charge in [0.1, 0.15) is 0 Å². The molecule has 2 amide bonds. The average Bonchev–Trinajstić information content (AvgIpc) is 2.44. The van der Waals surface area contributed by atoms with Crippen molar-refractivity contribution in [2.45, 2.75) is 25.7 Å². The van der Waals surface area contributed by atoms with Gasteiger partial charge in [-0.05, 0) is 25.0 Å². The van der Waals surface area contributed by atoms with Crippen molar-refractivity contribution in [2.24, 2.45) is 0 Å². The molecule has 84 valence electrons. The highest BCUT2D eigenvalue weighted by molar-refractivity contribution is 6.12. The van der Waals surface area contributed by atoms with Gasteiger partial charge in [0.15, 0.2) is 0 Å².